The molecule has 1 amide bonds. The molecular formula is C16H25N3O4S. The highest BCUT2D eigenvalue weighted by Gasteiger charge is 2.28. The molecule has 2 rings (SSSR count). The highest BCUT2D eigenvalue weighted by molar-refractivity contribution is 7.89. The Morgan fingerprint density at radius 2 is 2.08 bits per heavy atom. The van der Waals surface area contributed by atoms with Crippen molar-refractivity contribution in [2.75, 3.05) is 26.0 Å². The summed E-state index contributed by atoms with van der Waals surface area (Å²) >= 11 is 0. The first kappa shape index (κ1) is 18.7. The van der Waals surface area contributed by atoms with Crippen LogP contribution >= 0.6 is 0 Å². The first-order valence-electron chi connectivity index (χ1n) is 8.01. The van der Waals surface area contributed by atoms with Gasteiger partial charge in [-0.2, -0.15) is 0 Å². The average Bonchev–Trinajstić information content (AvgIpc) is 2.95. The second-order valence-corrected chi connectivity index (χ2v) is 8.26. The van der Waals surface area contributed by atoms with E-state index in [0.717, 1.165) is 17.1 Å². The summed E-state index contributed by atoms with van der Waals surface area (Å²) < 4.78 is 31.5. The molecule has 0 heterocycles. The van der Waals surface area contributed by atoms with E-state index in [4.69, 9.17) is 10.5 Å². The van der Waals surface area contributed by atoms with Crippen molar-refractivity contribution in [2.45, 2.75) is 37.1 Å². The van der Waals surface area contributed by atoms with E-state index in [1.165, 1.54) is 20.2 Å². The summed E-state index contributed by atoms with van der Waals surface area (Å²) in [4.78, 5) is 12.3. The van der Waals surface area contributed by atoms with Gasteiger partial charge in [-0.05, 0) is 44.4 Å². The smallest absolute Gasteiger partial charge is 0.246 e. The summed E-state index contributed by atoms with van der Waals surface area (Å²) in [7, 11) is -0.770. The molecule has 1 fully saturated rings. The molecule has 2 atom stereocenters. The van der Waals surface area contributed by atoms with Crippen LogP contribution in [0.3, 0.4) is 0 Å². The molecule has 0 spiro atoms. The van der Waals surface area contributed by atoms with Crippen LogP contribution in [0.2, 0.25) is 0 Å². The predicted octanol–water partition coefficient (Wildman–Crippen LogP) is 1.40. The number of carbonyl (C=O) groups excluding carboxylic acids is 1. The Bertz CT molecular complexity index is 703. The van der Waals surface area contributed by atoms with Gasteiger partial charge in [-0.1, -0.05) is 0 Å². The molecule has 1 saturated carbocycles. The second kappa shape index (κ2) is 7.50. The van der Waals surface area contributed by atoms with E-state index in [0.29, 0.717) is 18.7 Å². The number of rotatable bonds is 6. The molecule has 24 heavy (non-hydrogen) atoms. The maximum absolute atomic E-state index is 12.5. The zero-order valence-corrected chi connectivity index (χ0v) is 15.1. The molecule has 1 aromatic carbocycles. The Kier molecular flexibility index (Phi) is 5.84. The van der Waals surface area contributed by atoms with Crippen molar-refractivity contribution in [2.24, 2.45) is 11.7 Å². The molecule has 1 aromatic rings. The fraction of sp³-hybridized carbons (Fsp3) is 0.562. The summed E-state index contributed by atoms with van der Waals surface area (Å²) in [6, 6.07) is 4.71. The third-order valence-corrected chi connectivity index (χ3v) is 5.95. The van der Waals surface area contributed by atoms with Crippen molar-refractivity contribution in [1.29, 1.82) is 0 Å². The normalized spacial score (nSPS) is 21.0. The van der Waals surface area contributed by atoms with Crippen LogP contribution < -0.4 is 15.8 Å². The Labute approximate surface area is 143 Å². The standard InChI is InChI=1S/C16H25N3O4S/c1-4-23-14-8-7-13(10-15(14)24(21,22)19(2)3)18-16(20)11-5-6-12(17)9-11/h7-8,10-12H,4-6,9,17H2,1-3H3,(H,18,20). The van der Waals surface area contributed by atoms with Gasteiger partial charge in [0, 0.05) is 31.7 Å². The number of nitrogens with zero attached hydrogens (tertiary/aromatic N) is 1. The number of nitrogens with one attached hydrogen (secondary N) is 1. The van der Waals surface area contributed by atoms with E-state index in [9.17, 15) is 13.2 Å². The summed E-state index contributed by atoms with van der Waals surface area (Å²) in [5, 5.41) is 2.79. The lowest BCUT2D eigenvalue weighted by Gasteiger charge is -2.17. The molecule has 0 saturated heterocycles. The van der Waals surface area contributed by atoms with Crippen molar-refractivity contribution in [3.05, 3.63) is 18.2 Å². The zero-order chi connectivity index (χ0) is 17.9. The van der Waals surface area contributed by atoms with Gasteiger partial charge < -0.3 is 15.8 Å². The Hall–Kier alpha value is -1.64. The van der Waals surface area contributed by atoms with Gasteiger partial charge in [-0.25, -0.2) is 12.7 Å². The minimum atomic E-state index is -3.68. The Morgan fingerprint density at radius 3 is 2.62 bits per heavy atom. The lowest BCUT2D eigenvalue weighted by molar-refractivity contribution is -0.119. The SMILES string of the molecule is CCOc1ccc(NC(=O)C2CCC(N)C2)cc1S(=O)(=O)N(C)C. The average molecular weight is 355 g/mol. The summed E-state index contributed by atoms with van der Waals surface area (Å²) in [6.07, 6.45) is 2.25. The molecule has 1 aliphatic carbocycles. The van der Waals surface area contributed by atoms with Crippen LogP contribution in [0.15, 0.2) is 23.1 Å². The summed E-state index contributed by atoms with van der Waals surface area (Å²) in [5.74, 6) is 0.0212. The first-order chi connectivity index (χ1) is 11.3. The van der Waals surface area contributed by atoms with Gasteiger partial charge in [-0.3, -0.25) is 4.79 Å². The molecule has 134 valence electrons. The highest BCUT2D eigenvalue weighted by Crippen LogP contribution is 2.30. The van der Waals surface area contributed by atoms with Crippen LogP contribution in [0, 0.1) is 5.92 Å². The largest absolute Gasteiger partial charge is 0.492 e. The zero-order valence-electron chi connectivity index (χ0n) is 14.3. The molecule has 2 unspecified atom stereocenters. The fourth-order valence-corrected chi connectivity index (χ4v) is 3.81. The minimum Gasteiger partial charge on any atom is -0.492 e. The number of ether oxygens (including phenoxy) is 1. The molecule has 0 bridgehead atoms. The van der Waals surface area contributed by atoms with Crippen molar-refractivity contribution in [1.82, 2.24) is 4.31 Å². The van der Waals surface area contributed by atoms with E-state index in [2.05, 4.69) is 5.32 Å². The predicted molar refractivity (Wildman–Crippen MR) is 92.4 cm³/mol. The molecule has 3 N–H and O–H groups in total. The maximum Gasteiger partial charge on any atom is 0.246 e. The lowest BCUT2D eigenvalue weighted by Crippen LogP contribution is -2.25. The number of carbonyl (C=O) groups is 1. The number of sulfonamides is 1. The van der Waals surface area contributed by atoms with Gasteiger partial charge >= 0.3 is 0 Å². The summed E-state index contributed by atoms with van der Waals surface area (Å²) in [6.45, 7) is 2.13. The van der Waals surface area contributed by atoms with Crippen LogP contribution in [0.1, 0.15) is 26.2 Å². The Morgan fingerprint density at radius 1 is 1.38 bits per heavy atom. The monoisotopic (exact) mass is 355 g/mol. The van der Waals surface area contributed by atoms with E-state index in [1.807, 2.05) is 0 Å². The number of nitrogens with two attached hydrogens (primary N) is 1. The number of hydrogen-bond donors (Lipinski definition) is 2. The van der Waals surface area contributed by atoms with Crippen molar-refractivity contribution in [3.63, 3.8) is 0 Å². The number of hydrogen-bond acceptors (Lipinski definition) is 5. The quantitative estimate of drug-likeness (QED) is 0.803. The van der Waals surface area contributed by atoms with Gasteiger partial charge in [0.25, 0.3) is 0 Å². The van der Waals surface area contributed by atoms with Crippen LogP contribution in [-0.2, 0) is 14.8 Å². The molecule has 7 nitrogen and oxygen atoms in total. The Balaban J connectivity index is 2.27. The van der Waals surface area contributed by atoms with Gasteiger partial charge in [0.1, 0.15) is 10.6 Å². The molecule has 0 aliphatic heterocycles. The molecule has 8 heteroatoms. The molecule has 0 radical (unpaired) electrons. The van der Waals surface area contributed by atoms with Crippen LogP contribution in [0.4, 0.5) is 5.69 Å². The van der Waals surface area contributed by atoms with Crippen LogP contribution in [0.5, 0.6) is 5.75 Å². The van der Waals surface area contributed by atoms with E-state index < -0.39 is 10.0 Å². The minimum absolute atomic E-state index is 0.0373. The fourth-order valence-electron chi connectivity index (χ4n) is 2.76. The third kappa shape index (κ3) is 4.06. The van der Waals surface area contributed by atoms with Crippen LogP contribution in [-0.4, -0.2) is 45.4 Å². The second-order valence-electron chi connectivity index (χ2n) is 6.14. The van der Waals surface area contributed by atoms with Crippen molar-refractivity contribution >= 4 is 21.6 Å². The molecule has 0 aromatic heterocycles. The van der Waals surface area contributed by atoms with Gasteiger partial charge in [0.15, 0.2) is 0 Å². The van der Waals surface area contributed by atoms with Crippen molar-refractivity contribution < 1.29 is 17.9 Å². The molecular weight excluding hydrogens is 330 g/mol. The van der Waals surface area contributed by atoms with Crippen LogP contribution in [0.25, 0.3) is 0 Å². The van der Waals surface area contributed by atoms with Gasteiger partial charge in [0.05, 0.1) is 6.61 Å². The number of anilines is 1. The summed E-state index contributed by atoms with van der Waals surface area (Å²) in [5.41, 5.74) is 6.28. The number of amides is 1. The van der Waals surface area contributed by atoms with Crippen molar-refractivity contribution in [3.8, 4) is 5.75 Å². The third-order valence-electron chi connectivity index (χ3n) is 4.11. The van der Waals surface area contributed by atoms with Gasteiger partial charge in [-0.15, -0.1) is 0 Å². The topological polar surface area (TPSA) is 102 Å². The molecule has 1 aliphatic rings. The first-order valence-corrected chi connectivity index (χ1v) is 9.45. The lowest BCUT2D eigenvalue weighted by atomic mass is 10.1. The van der Waals surface area contributed by atoms with Gasteiger partial charge in [0.2, 0.25) is 15.9 Å². The van der Waals surface area contributed by atoms with E-state index in [1.54, 1.807) is 19.1 Å². The number of benzene rings is 1. The highest BCUT2D eigenvalue weighted by atomic mass is 32.2. The van der Waals surface area contributed by atoms with E-state index in [-0.39, 0.29) is 28.5 Å². The van der Waals surface area contributed by atoms with E-state index >= 15 is 0 Å². The maximum atomic E-state index is 12.5.